The van der Waals surface area contributed by atoms with Crippen molar-refractivity contribution >= 4 is 37.2 Å². The van der Waals surface area contributed by atoms with Gasteiger partial charge in [-0.05, 0) is 76.8 Å². The normalized spacial score (nSPS) is 20.8. The Morgan fingerprint density at radius 1 is 0.956 bits per heavy atom. The molecule has 1 amide bonds. The summed E-state index contributed by atoms with van der Waals surface area (Å²) >= 11 is 4.71. The monoisotopic (exact) mass is 643 g/mol. The first-order valence-electron chi connectivity index (χ1n) is 18.5. The van der Waals surface area contributed by atoms with E-state index in [0.29, 0.717) is 11.9 Å². The van der Waals surface area contributed by atoms with Gasteiger partial charge < -0.3 is 14.3 Å². The fraction of sp³-hybridized carbons (Fsp3) is 0.821. The van der Waals surface area contributed by atoms with Gasteiger partial charge in [0.05, 0.1) is 24.2 Å². The lowest BCUT2D eigenvalue weighted by Gasteiger charge is -2.42. The van der Waals surface area contributed by atoms with Gasteiger partial charge >= 0.3 is 7.48 Å². The van der Waals surface area contributed by atoms with Crippen LogP contribution in [0.1, 0.15) is 159 Å². The van der Waals surface area contributed by atoms with E-state index in [4.69, 9.17) is 22.0 Å². The quantitative estimate of drug-likeness (QED) is 0.118. The highest BCUT2D eigenvalue weighted by molar-refractivity contribution is 7.81. The molecule has 1 aromatic rings. The second-order valence-corrected chi connectivity index (χ2v) is 16.5. The zero-order valence-corrected chi connectivity index (χ0v) is 32.0. The summed E-state index contributed by atoms with van der Waals surface area (Å²) in [5.74, 6) is 2.78. The van der Waals surface area contributed by atoms with E-state index in [1.165, 1.54) is 44.1 Å². The van der Waals surface area contributed by atoms with Crippen LogP contribution in [-0.4, -0.2) is 43.0 Å². The number of anilines is 1. The molecule has 1 saturated heterocycles. The van der Waals surface area contributed by atoms with Gasteiger partial charge in [-0.2, -0.15) is 12.6 Å². The van der Waals surface area contributed by atoms with Crippen molar-refractivity contribution in [3.05, 3.63) is 23.8 Å². The number of ether oxygens (including phenoxy) is 1. The van der Waals surface area contributed by atoms with Crippen LogP contribution in [0.15, 0.2) is 18.2 Å². The number of nitrogens with zero attached hydrogens (tertiary/aromatic N) is 1. The van der Waals surface area contributed by atoms with Crippen molar-refractivity contribution < 1.29 is 14.2 Å². The summed E-state index contributed by atoms with van der Waals surface area (Å²) < 4.78 is 10.9. The molecule has 0 N–H and O–H groups in total. The van der Waals surface area contributed by atoms with Crippen molar-refractivity contribution in [3.63, 3.8) is 0 Å². The van der Waals surface area contributed by atoms with Gasteiger partial charge in [0.1, 0.15) is 0 Å². The fourth-order valence-corrected chi connectivity index (χ4v) is 6.48. The average Bonchev–Trinajstić information content (AvgIpc) is 3.14. The van der Waals surface area contributed by atoms with Gasteiger partial charge in [-0.25, -0.2) is 0 Å². The zero-order chi connectivity index (χ0) is 33.8. The molecule has 4 nitrogen and oxygen atoms in total. The molecular weight excluding hydrogens is 573 g/mol. The van der Waals surface area contributed by atoms with Gasteiger partial charge in [0.25, 0.3) is 0 Å². The first-order valence-corrected chi connectivity index (χ1v) is 19.0. The molecule has 0 unspecified atom stereocenters. The Kier molecular flexibility index (Phi) is 16.6. The van der Waals surface area contributed by atoms with E-state index >= 15 is 0 Å². The van der Waals surface area contributed by atoms with Gasteiger partial charge in [0.2, 0.25) is 5.91 Å². The van der Waals surface area contributed by atoms with Crippen LogP contribution in [0.5, 0.6) is 0 Å². The van der Waals surface area contributed by atoms with Crippen molar-refractivity contribution in [1.82, 2.24) is 0 Å². The molecule has 2 heterocycles. The lowest BCUT2D eigenvalue weighted by Crippen LogP contribution is -2.50. The van der Waals surface area contributed by atoms with Crippen LogP contribution in [0.25, 0.3) is 0 Å². The van der Waals surface area contributed by atoms with Crippen molar-refractivity contribution in [3.8, 4) is 0 Å². The summed E-state index contributed by atoms with van der Waals surface area (Å²) in [6.45, 7) is 25.9. The smallest absolute Gasteiger partial charge is 0.330 e. The predicted octanol–water partition coefficient (Wildman–Crippen LogP) is 10.1. The average molecular weight is 643 g/mol. The minimum atomic E-state index is -0.416. The van der Waals surface area contributed by atoms with E-state index in [9.17, 15) is 4.79 Å². The molecule has 1 saturated carbocycles. The van der Waals surface area contributed by atoms with Gasteiger partial charge in [0, 0.05) is 22.4 Å². The van der Waals surface area contributed by atoms with E-state index < -0.39 is 5.60 Å². The first kappa shape index (κ1) is 40.2. The molecule has 0 atom stereocenters. The summed E-state index contributed by atoms with van der Waals surface area (Å²) in [7, 11) is 1.84. The van der Waals surface area contributed by atoms with E-state index in [2.05, 4.69) is 99.3 Å². The number of carbonyl (C=O) groups is 1. The standard InChI is InChI=1S/C26H41BNO2S.C7H16.C6H12O/c1-8-13-26(14-9-2)21-12-11-19(27-30-24(4,5)25(6,7)31)17-22(21)28(23(26)29)20-15-18(10-3)16-20;1-3-5-7-6-4-2;1-5(2)6-3-7-4-6/h11-12,17-18,20,31H,8-10,13-16H2,1-7H3;3-7H2,1-2H3;5-6H,3-4H2,1-2H3. The topological polar surface area (TPSA) is 38.8 Å². The number of unbranched alkanes of at least 4 members (excludes halogenated alkanes) is 4. The number of amides is 1. The van der Waals surface area contributed by atoms with Crippen LogP contribution in [0.4, 0.5) is 5.69 Å². The maximum atomic E-state index is 13.9. The Labute approximate surface area is 285 Å². The molecule has 0 bridgehead atoms. The Hall–Kier alpha value is -0.975. The highest BCUT2D eigenvalue weighted by atomic mass is 32.1. The Balaban J connectivity index is 0.000000414. The number of fused-ring (bicyclic) bond motifs is 1. The minimum Gasteiger partial charge on any atom is -0.428 e. The minimum absolute atomic E-state index is 0.277. The Bertz CT molecular complexity index is 1000. The highest BCUT2D eigenvalue weighted by Gasteiger charge is 2.53. The highest BCUT2D eigenvalue weighted by Crippen LogP contribution is 2.51. The summed E-state index contributed by atoms with van der Waals surface area (Å²) in [4.78, 5) is 16.1. The molecule has 3 aliphatic rings. The molecule has 1 radical (unpaired) electrons. The van der Waals surface area contributed by atoms with Crippen molar-refractivity contribution in [2.75, 3.05) is 18.1 Å². The summed E-state index contributed by atoms with van der Waals surface area (Å²) in [5, 5.41) is 0. The molecule has 257 valence electrons. The number of carbonyl (C=O) groups excluding carboxylic acids is 1. The third kappa shape index (κ3) is 10.5. The number of hydrogen-bond acceptors (Lipinski definition) is 4. The predicted molar refractivity (Wildman–Crippen MR) is 199 cm³/mol. The van der Waals surface area contributed by atoms with Crippen LogP contribution < -0.4 is 10.4 Å². The molecule has 0 aromatic heterocycles. The molecular formula is C39H69BNO3S. The molecule has 45 heavy (non-hydrogen) atoms. The number of benzene rings is 1. The van der Waals surface area contributed by atoms with E-state index in [-0.39, 0.29) is 10.2 Å². The van der Waals surface area contributed by atoms with E-state index in [1.807, 2.05) is 7.48 Å². The molecule has 1 aromatic carbocycles. The number of thiol groups is 1. The van der Waals surface area contributed by atoms with Gasteiger partial charge in [-0.3, -0.25) is 4.79 Å². The lowest BCUT2D eigenvalue weighted by molar-refractivity contribution is -0.124. The molecule has 2 fully saturated rings. The van der Waals surface area contributed by atoms with Crippen molar-refractivity contribution in [2.45, 2.75) is 175 Å². The van der Waals surface area contributed by atoms with Crippen molar-refractivity contribution in [2.24, 2.45) is 17.8 Å². The van der Waals surface area contributed by atoms with Gasteiger partial charge in [-0.15, -0.1) is 0 Å². The van der Waals surface area contributed by atoms with Gasteiger partial charge in [0.15, 0.2) is 0 Å². The SMILES string of the molecule is CC(C)C1COC1.CCCC1(CCC)C(=O)N(C2CC(CC)C2)c2cc([B]OC(C)(C)C(C)(C)S)ccc21.CCCCCCC. The summed E-state index contributed by atoms with van der Waals surface area (Å²) in [5.41, 5.74) is 2.58. The number of rotatable bonds is 15. The van der Waals surface area contributed by atoms with Crippen LogP contribution in [0.2, 0.25) is 0 Å². The Morgan fingerprint density at radius 3 is 1.93 bits per heavy atom. The van der Waals surface area contributed by atoms with Crippen molar-refractivity contribution in [1.29, 1.82) is 0 Å². The second-order valence-electron chi connectivity index (χ2n) is 15.3. The third-order valence-corrected chi connectivity index (χ3v) is 11.2. The van der Waals surface area contributed by atoms with Crippen LogP contribution in [0, 0.1) is 17.8 Å². The summed E-state index contributed by atoms with van der Waals surface area (Å²) in [6, 6.07) is 6.84. The largest absolute Gasteiger partial charge is 0.428 e. The van der Waals surface area contributed by atoms with Crippen LogP contribution in [-0.2, 0) is 19.6 Å². The maximum absolute atomic E-state index is 13.9. The number of hydrogen-bond donors (Lipinski definition) is 1. The maximum Gasteiger partial charge on any atom is 0.330 e. The third-order valence-electron chi connectivity index (χ3n) is 10.7. The zero-order valence-electron chi connectivity index (χ0n) is 31.1. The second kappa shape index (κ2) is 18.5. The molecule has 1 aliphatic carbocycles. The fourth-order valence-electron chi connectivity index (χ4n) is 6.43. The van der Waals surface area contributed by atoms with Crippen LogP contribution in [0.3, 0.4) is 0 Å². The molecule has 2 aliphatic heterocycles. The Morgan fingerprint density at radius 2 is 1.53 bits per heavy atom. The first-order chi connectivity index (χ1) is 21.2. The van der Waals surface area contributed by atoms with Gasteiger partial charge in [-0.1, -0.05) is 117 Å². The molecule has 6 heteroatoms. The molecule has 4 rings (SSSR count). The molecule has 0 spiro atoms. The van der Waals surface area contributed by atoms with E-state index in [1.54, 1.807) is 0 Å². The van der Waals surface area contributed by atoms with Crippen LogP contribution >= 0.6 is 12.6 Å². The van der Waals surface area contributed by atoms with E-state index in [0.717, 1.165) is 80.6 Å². The lowest BCUT2D eigenvalue weighted by atomic mass is 9.73. The summed E-state index contributed by atoms with van der Waals surface area (Å²) in [6.07, 6.45) is 14.3.